The van der Waals surface area contributed by atoms with Crippen molar-refractivity contribution in [1.29, 1.82) is 0 Å². The molecule has 2 atom stereocenters. The summed E-state index contributed by atoms with van der Waals surface area (Å²) in [6.45, 7) is 1.82. The molecule has 5 rings (SSSR count). The molecule has 3 aromatic rings. The van der Waals surface area contributed by atoms with Crippen molar-refractivity contribution in [3.63, 3.8) is 0 Å². The number of aromatic nitrogens is 1. The number of ether oxygens (including phenoxy) is 2. The van der Waals surface area contributed by atoms with E-state index in [9.17, 15) is 15.0 Å². The number of nitrogens with one attached hydrogen (secondary N) is 1. The summed E-state index contributed by atoms with van der Waals surface area (Å²) in [6, 6.07) is 10.3. The molecule has 8 nitrogen and oxygen atoms in total. The first kappa shape index (κ1) is 20.9. The van der Waals surface area contributed by atoms with Gasteiger partial charge in [0.05, 0.1) is 25.5 Å². The van der Waals surface area contributed by atoms with Crippen molar-refractivity contribution in [2.75, 3.05) is 19.5 Å². The zero-order valence-electron chi connectivity index (χ0n) is 18.5. The van der Waals surface area contributed by atoms with Crippen LogP contribution in [0.1, 0.15) is 47.1 Å². The highest BCUT2D eigenvalue weighted by Gasteiger charge is 2.41. The Bertz CT molecular complexity index is 1290. The van der Waals surface area contributed by atoms with Crippen LogP contribution in [0.4, 0.5) is 5.88 Å². The molecule has 0 amide bonds. The van der Waals surface area contributed by atoms with Crippen LogP contribution in [0, 0.1) is 6.92 Å². The van der Waals surface area contributed by atoms with Crippen molar-refractivity contribution < 1.29 is 29.0 Å². The lowest BCUT2D eigenvalue weighted by Crippen LogP contribution is -2.29. The van der Waals surface area contributed by atoms with Crippen molar-refractivity contribution in [2.24, 2.45) is 0 Å². The van der Waals surface area contributed by atoms with E-state index in [0.29, 0.717) is 47.1 Å². The van der Waals surface area contributed by atoms with Gasteiger partial charge in [0.25, 0.3) is 0 Å². The number of phenols is 2. The fourth-order valence-electron chi connectivity index (χ4n) is 4.87. The topological polar surface area (TPSA) is 114 Å². The molecule has 0 radical (unpaired) electrons. The third-order valence-corrected chi connectivity index (χ3v) is 6.47. The van der Waals surface area contributed by atoms with Crippen LogP contribution in [-0.4, -0.2) is 35.4 Å². The van der Waals surface area contributed by atoms with E-state index in [1.54, 1.807) is 20.3 Å². The smallest absolute Gasteiger partial charge is 0.233 e. The highest BCUT2D eigenvalue weighted by atomic mass is 16.5. The standard InChI is InChI=1S/C25H24N2O6/c1-12-22-23(14-4-6-17(28)18(29)9-14)24-16(26-25(22)33-27-12)8-15(10-19(24)30)13-5-7-20(31-2)21(11-13)32-3/h4-7,9,11,15,23,26,28-29H,8,10H2,1-3H3/t15-,23-/m0/s1. The molecule has 0 bridgehead atoms. The summed E-state index contributed by atoms with van der Waals surface area (Å²) < 4.78 is 16.3. The molecule has 0 spiro atoms. The number of carbonyl (C=O) groups excluding carboxylic acids is 1. The molecular weight excluding hydrogens is 424 g/mol. The second-order valence-electron chi connectivity index (χ2n) is 8.35. The molecule has 0 saturated carbocycles. The molecule has 3 N–H and O–H groups in total. The molecule has 8 heteroatoms. The Labute approximate surface area is 190 Å². The van der Waals surface area contributed by atoms with E-state index in [4.69, 9.17) is 14.0 Å². The predicted molar refractivity (Wildman–Crippen MR) is 120 cm³/mol. The second kappa shape index (κ2) is 7.88. The van der Waals surface area contributed by atoms with Gasteiger partial charge in [-0.15, -0.1) is 0 Å². The number of hydrogen-bond donors (Lipinski definition) is 3. The maximum absolute atomic E-state index is 13.6. The van der Waals surface area contributed by atoms with E-state index in [1.807, 2.05) is 25.1 Å². The van der Waals surface area contributed by atoms with Gasteiger partial charge in [-0.3, -0.25) is 4.79 Å². The number of rotatable bonds is 4. The molecule has 2 heterocycles. The Balaban J connectivity index is 1.59. The van der Waals surface area contributed by atoms with Gasteiger partial charge in [0, 0.05) is 23.6 Å². The fourth-order valence-corrected chi connectivity index (χ4v) is 4.87. The monoisotopic (exact) mass is 448 g/mol. The van der Waals surface area contributed by atoms with Gasteiger partial charge in [0.1, 0.15) is 0 Å². The predicted octanol–water partition coefficient (Wildman–Crippen LogP) is 4.37. The number of Topliss-reactive ketones (excluding diaryl/α,β-unsaturated/α-hetero) is 1. The summed E-state index contributed by atoms with van der Waals surface area (Å²) in [5, 5.41) is 27.3. The number of aromatic hydroxyl groups is 2. The molecule has 0 fully saturated rings. The number of aryl methyl sites for hydroxylation is 1. The number of fused-ring (bicyclic) bond motifs is 1. The van der Waals surface area contributed by atoms with Crippen molar-refractivity contribution in [1.82, 2.24) is 5.16 Å². The van der Waals surface area contributed by atoms with E-state index < -0.39 is 5.92 Å². The Morgan fingerprint density at radius 2 is 1.76 bits per heavy atom. The quantitative estimate of drug-likeness (QED) is 0.504. The molecule has 0 saturated heterocycles. The lowest BCUT2D eigenvalue weighted by Gasteiger charge is -2.34. The van der Waals surface area contributed by atoms with Gasteiger partial charge < -0.3 is 29.5 Å². The Morgan fingerprint density at radius 3 is 2.48 bits per heavy atom. The van der Waals surface area contributed by atoms with Crippen molar-refractivity contribution in [3.8, 4) is 23.0 Å². The molecule has 2 aromatic carbocycles. The summed E-state index contributed by atoms with van der Waals surface area (Å²) in [7, 11) is 3.17. The average molecular weight is 448 g/mol. The first-order chi connectivity index (χ1) is 15.9. The Hall–Kier alpha value is -3.94. The maximum Gasteiger partial charge on any atom is 0.233 e. The number of ketones is 1. The minimum absolute atomic E-state index is 0.00681. The minimum atomic E-state index is -0.451. The molecule has 170 valence electrons. The zero-order chi connectivity index (χ0) is 23.3. The zero-order valence-corrected chi connectivity index (χ0v) is 18.5. The molecule has 1 aliphatic carbocycles. The number of anilines is 1. The van der Waals surface area contributed by atoms with Crippen LogP contribution in [0.15, 0.2) is 52.2 Å². The molecule has 1 aliphatic heterocycles. The van der Waals surface area contributed by atoms with Crippen LogP contribution >= 0.6 is 0 Å². The minimum Gasteiger partial charge on any atom is -0.504 e. The average Bonchev–Trinajstić information content (AvgIpc) is 3.19. The third kappa shape index (κ3) is 3.38. The van der Waals surface area contributed by atoms with Gasteiger partial charge >= 0.3 is 0 Å². The van der Waals surface area contributed by atoms with Gasteiger partial charge in [-0.05, 0) is 54.7 Å². The van der Waals surface area contributed by atoms with Crippen LogP contribution in [-0.2, 0) is 4.79 Å². The highest BCUT2D eigenvalue weighted by molar-refractivity contribution is 6.01. The van der Waals surface area contributed by atoms with Crippen molar-refractivity contribution in [2.45, 2.75) is 31.6 Å². The third-order valence-electron chi connectivity index (χ3n) is 6.47. The fraction of sp³-hybridized carbons (Fsp3) is 0.280. The van der Waals surface area contributed by atoms with Gasteiger partial charge in [-0.2, -0.15) is 0 Å². The molecular formula is C25H24N2O6. The van der Waals surface area contributed by atoms with Crippen LogP contribution in [0.3, 0.4) is 0 Å². The largest absolute Gasteiger partial charge is 0.504 e. The summed E-state index contributed by atoms with van der Waals surface area (Å²) in [5.74, 6) is 0.785. The maximum atomic E-state index is 13.6. The van der Waals surface area contributed by atoms with Crippen molar-refractivity contribution >= 4 is 11.7 Å². The summed E-state index contributed by atoms with van der Waals surface area (Å²) in [6.07, 6.45) is 0.923. The normalized spacial score (nSPS) is 19.5. The van der Waals surface area contributed by atoms with Crippen LogP contribution < -0.4 is 14.8 Å². The first-order valence-corrected chi connectivity index (χ1v) is 10.6. The van der Waals surface area contributed by atoms with E-state index in [0.717, 1.165) is 16.8 Å². The lowest BCUT2D eigenvalue weighted by molar-refractivity contribution is -0.116. The lowest BCUT2D eigenvalue weighted by atomic mass is 9.72. The van der Waals surface area contributed by atoms with E-state index >= 15 is 0 Å². The SMILES string of the molecule is COc1ccc([C@@H]2CC(=O)C3=C(C2)Nc2onc(C)c2[C@@H]3c2ccc(O)c(O)c2)cc1OC. The number of hydrogen-bond acceptors (Lipinski definition) is 8. The summed E-state index contributed by atoms with van der Waals surface area (Å²) in [4.78, 5) is 13.6. The van der Waals surface area contributed by atoms with E-state index in [2.05, 4.69) is 10.5 Å². The van der Waals surface area contributed by atoms with Crippen LogP contribution in [0.25, 0.3) is 0 Å². The van der Waals surface area contributed by atoms with Gasteiger partial charge in [-0.25, -0.2) is 0 Å². The van der Waals surface area contributed by atoms with Gasteiger partial charge in [0.2, 0.25) is 5.88 Å². The Kier molecular flexibility index (Phi) is 5.00. The Morgan fingerprint density at radius 1 is 1.00 bits per heavy atom. The summed E-state index contributed by atoms with van der Waals surface area (Å²) in [5.41, 5.74) is 4.49. The second-order valence-corrected chi connectivity index (χ2v) is 8.35. The number of phenolic OH excluding ortho intramolecular Hbond substituents is 2. The van der Waals surface area contributed by atoms with Crippen molar-refractivity contribution in [3.05, 3.63) is 70.1 Å². The number of allylic oxidation sites excluding steroid dienone is 2. The molecule has 2 aliphatic rings. The molecule has 33 heavy (non-hydrogen) atoms. The number of carbonyl (C=O) groups is 1. The van der Waals surface area contributed by atoms with Crippen LogP contribution in [0.2, 0.25) is 0 Å². The van der Waals surface area contributed by atoms with Gasteiger partial charge in [-0.1, -0.05) is 17.3 Å². The van der Waals surface area contributed by atoms with E-state index in [1.165, 1.54) is 12.1 Å². The van der Waals surface area contributed by atoms with Crippen LogP contribution in [0.5, 0.6) is 23.0 Å². The summed E-state index contributed by atoms with van der Waals surface area (Å²) >= 11 is 0. The first-order valence-electron chi connectivity index (χ1n) is 10.6. The molecule has 1 aromatic heterocycles. The van der Waals surface area contributed by atoms with E-state index in [-0.39, 0.29) is 23.2 Å². The number of nitrogens with zero attached hydrogens (tertiary/aromatic N) is 1. The number of methoxy groups -OCH3 is 2. The highest BCUT2D eigenvalue weighted by Crippen LogP contribution is 2.50. The van der Waals surface area contributed by atoms with Gasteiger partial charge in [0.15, 0.2) is 28.8 Å². The molecule has 0 unspecified atom stereocenters. The number of benzene rings is 2.